The molecule has 2 aromatic carbocycles. The molecule has 1 amide bonds. The Kier molecular flexibility index (Phi) is 4.49. The van der Waals surface area contributed by atoms with E-state index in [2.05, 4.69) is 4.74 Å². The summed E-state index contributed by atoms with van der Waals surface area (Å²) >= 11 is 0. The van der Waals surface area contributed by atoms with E-state index in [4.69, 9.17) is 0 Å². The highest BCUT2D eigenvalue weighted by Crippen LogP contribution is 2.32. The quantitative estimate of drug-likeness (QED) is 0.937. The van der Waals surface area contributed by atoms with Crippen molar-refractivity contribution in [3.63, 3.8) is 0 Å². The maximum Gasteiger partial charge on any atom is 0.573 e. The number of phenols is 1. The topological polar surface area (TPSA) is 49.8 Å². The van der Waals surface area contributed by atoms with Crippen molar-refractivity contribution < 1.29 is 27.8 Å². The number of hydrogen-bond acceptors (Lipinski definition) is 3. The van der Waals surface area contributed by atoms with Gasteiger partial charge in [-0.05, 0) is 35.4 Å². The van der Waals surface area contributed by atoms with Crippen LogP contribution in [0.15, 0.2) is 42.5 Å². The minimum Gasteiger partial charge on any atom is -0.508 e. The van der Waals surface area contributed by atoms with Gasteiger partial charge in [-0.25, -0.2) is 0 Å². The Labute approximate surface area is 130 Å². The van der Waals surface area contributed by atoms with Crippen LogP contribution in [-0.4, -0.2) is 36.4 Å². The summed E-state index contributed by atoms with van der Waals surface area (Å²) < 4.78 is 40.8. The average Bonchev–Trinajstić information content (AvgIpc) is 2.44. The highest BCUT2D eigenvalue weighted by atomic mass is 19.4. The van der Waals surface area contributed by atoms with Crippen LogP contribution in [-0.2, 0) is 0 Å². The fraction of sp³-hybridized carbons (Fsp3) is 0.188. The van der Waals surface area contributed by atoms with Gasteiger partial charge in [0.1, 0.15) is 11.5 Å². The maximum atomic E-state index is 12.3. The van der Waals surface area contributed by atoms with E-state index in [0.29, 0.717) is 16.7 Å². The van der Waals surface area contributed by atoms with Gasteiger partial charge in [0.2, 0.25) is 0 Å². The van der Waals surface area contributed by atoms with Gasteiger partial charge in [-0.15, -0.1) is 13.2 Å². The van der Waals surface area contributed by atoms with Crippen LogP contribution < -0.4 is 4.74 Å². The van der Waals surface area contributed by atoms with E-state index in [1.807, 2.05) is 0 Å². The van der Waals surface area contributed by atoms with E-state index < -0.39 is 12.1 Å². The molecule has 0 aromatic heterocycles. The van der Waals surface area contributed by atoms with E-state index in [1.165, 1.54) is 17.0 Å². The number of aromatic hydroxyl groups is 1. The average molecular weight is 325 g/mol. The van der Waals surface area contributed by atoms with E-state index in [1.54, 1.807) is 32.3 Å². The Morgan fingerprint density at radius 1 is 1.09 bits per heavy atom. The normalized spacial score (nSPS) is 11.2. The summed E-state index contributed by atoms with van der Waals surface area (Å²) in [6.45, 7) is 0. The smallest absolute Gasteiger partial charge is 0.508 e. The highest BCUT2D eigenvalue weighted by Gasteiger charge is 2.31. The van der Waals surface area contributed by atoms with Gasteiger partial charge in [-0.3, -0.25) is 4.79 Å². The lowest BCUT2D eigenvalue weighted by Gasteiger charge is -2.13. The van der Waals surface area contributed by atoms with Gasteiger partial charge in [-0.2, -0.15) is 0 Å². The van der Waals surface area contributed by atoms with Crippen LogP contribution >= 0.6 is 0 Å². The molecule has 0 bridgehead atoms. The van der Waals surface area contributed by atoms with Crippen molar-refractivity contribution in [3.8, 4) is 22.6 Å². The summed E-state index contributed by atoms with van der Waals surface area (Å²) in [5.74, 6) is -1.14. The molecule has 0 aliphatic heterocycles. The zero-order valence-electron chi connectivity index (χ0n) is 12.4. The predicted molar refractivity (Wildman–Crippen MR) is 78.2 cm³/mol. The zero-order chi connectivity index (χ0) is 17.2. The molecule has 0 radical (unpaired) electrons. The van der Waals surface area contributed by atoms with Gasteiger partial charge in [-0.1, -0.05) is 12.1 Å². The first-order valence-electron chi connectivity index (χ1n) is 6.57. The zero-order valence-corrected chi connectivity index (χ0v) is 12.4. The first-order chi connectivity index (χ1) is 10.7. The molecule has 7 heteroatoms. The van der Waals surface area contributed by atoms with Crippen molar-refractivity contribution in [1.82, 2.24) is 4.90 Å². The number of phenolic OH excluding ortho intramolecular Hbond substituents is 1. The van der Waals surface area contributed by atoms with Crippen molar-refractivity contribution in [3.05, 3.63) is 48.0 Å². The van der Waals surface area contributed by atoms with Crippen LogP contribution in [0.5, 0.6) is 11.5 Å². The van der Waals surface area contributed by atoms with Crippen LogP contribution in [0.4, 0.5) is 13.2 Å². The molecule has 0 spiro atoms. The number of amides is 1. The van der Waals surface area contributed by atoms with Gasteiger partial charge in [0.25, 0.3) is 5.91 Å². The van der Waals surface area contributed by atoms with Crippen LogP contribution in [0.2, 0.25) is 0 Å². The predicted octanol–water partition coefficient (Wildman–Crippen LogP) is 3.66. The standard InChI is InChI=1S/C16H14F3NO3/c1-20(2)15(22)11-5-3-4-10(6-11)12-7-13(21)9-14(8-12)23-16(17,18)19/h3-9,21H,1-2H3. The summed E-state index contributed by atoms with van der Waals surface area (Å²) in [5.41, 5.74) is 1.17. The van der Waals surface area contributed by atoms with Crippen LogP contribution in [0.3, 0.4) is 0 Å². The molecule has 2 aromatic rings. The Morgan fingerprint density at radius 3 is 2.39 bits per heavy atom. The molecule has 0 heterocycles. The summed E-state index contributed by atoms with van der Waals surface area (Å²) in [5, 5.41) is 9.60. The molecule has 0 saturated heterocycles. The van der Waals surface area contributed by atoms with E-state index in [9.17, 15) is 23.1 Å². The molecule has 4 nitrogen and oxygen atoms in total. The highest BCUT2D eigenvalue weighted by molar-refractivity contribution is 5.95. The lowest BCUT2D eigenvalue weighted by atomic mass is 10.0. The van der Waals surface area contributed by atoms with Crippen molar-refractivity contribution in [2.24, 2.45) is 0 Å². The second-order valence-corrected chi connectivity index (χ2v) is 5.04. The van der Waals surface area contributed by atoms with Crippen LogP contribution in [0.25, 0.3) is 11.1 Å². The number of benzene rings is 2. The van der Waals surface area contributed by atoms with Crippen LogP contribution in [0.1, 0.15) is 10.4 Å². The number of hydrogen-bond donors (Lipinski definition) is 1. The number of halogens is 3. The monoisotopic (exact) mass is 325 g/mol. The third kappa shape index (κ3) is 4.38. The number of alkyl halides is 3. The van der Waals surface area contributed by atoms with Gasteiger partial charge < -0.3 is 14.7 Å². The van der Waals surface area contributed by atoms with Gasteiger partial charge >= 0.3 is 6.36 Å². The number of ether oxygens (including phenoxy) is 1. The van der Waals surface area contributed by atoms with Gasteiger partial charge in [0.15, 0.2) is 0 Å². The first kappa shape index (κ1) is 16.7. The van der Waals surface area contributed by atoms with Crippen LogP contribution in [0, 0.1) is 0 Å². The summed E-state index contributed by atoms with van der Waals surface area (Å²) in [6.07, 6.45) is -4.85. The lowest BCUT2D eigenvalue weighted by molar-refractivity contribution is -0.274. The van der Waals surface area contributed by atoms with E-state index >= 15 is 0 Å². The minimum absolute atomic E-state index is 0.237. The number of carbonyl (C=O) groups excluding carboxylic acids is 1. The summed E-state index contributed by atoms with van der Waals surface area (Å²) in [6, 6.07) is 9.68. The lowest BCUT2D eigenvalue weighted by Crippen LogP contribution is -2.21. The molecule has 0 unspecified atom stereocenters. The maximum absolute atomic E-state index is 12.3. The number of rotatable bonds is 3. The minimum atomic E-state index is -4.85. The Bertz CT molecular complexity index is 727. The van der Waals surface area contributed by atoms with Crippen molar-refractivity contribution in [2.75, 3.05) is 14.1 Å². The van der Waals surface area contributed by atoms with Crippen molar-refractivity contribution in [2.45, 2.75) is 6.36 Å². The largest absolute Gasteiger partial charge is 0.573 e. The Hall–Kier alpha value is -2.70. The molecule has 0 saturated carbocycles. The molecular formula is C16H14F3NO3. The molecule has 2 rings (SSSR count). The van der Waals surface area contributed by atoms with E-state index in [0.717, 1.165) is 12.1 Å². The van der Waals surface area contributed by atoms with Crippen molar-refractivity contribution in [1.29, 1.82) is 0 Å². The van der Waals surface area contributed by atoms with Gasteiger partial charge in [0, 0.05) is 25.7 Å². The molecule has 0 aliphatic carbocycles. The van der Waals surface area contributed by atoms with Gasteiger partial charge in [0.05, 0.1) is 0 Å². The first-order valence-corrected chi connectivity index (χ1v) is 6.57. The Morgan fingerprint density at radius 2 is 1.78 bits per heavy atom. The Balaban J connectivity index is 2.42. The second-order valence-electron chi connectivity index (χ2n) is 5.04. The molecule has 0 fully saturated rings. The summed E-state index contributed by atoms with van der Waals surface area (Å²) in [4.78, 5) is 13.3. The summed E-state index contributed by atoms with van der Waals surface area (Å²) in [7, 11) is 3.19. The fourth-order valence-electron chi connectivity index (χ4n) is 2.03. The second kappa shape index (κ2) is 6.20. The van der Waals surface area contributed by atoms with Crippen molar-refractivity contribution >= 4 is 5.91 Å². The molecule has 0 aliphatic rings. The SMILES string of the molecule is CN(C)C(=O)c1cccc(-c2cc(O)cc(OC(F)(F)F)c2)c1. The molecular weight excluding hydrogens is 311 g/mol. The molecule has 0 atom stereocenters. The molecule has 122 valence electrons. The third-order valence-corrected chi connectivity index (χ3v) is 2.97. The number of nitrogens with zero attached hydrogens (tertiary/aromatic N) is 1. The number of carbonyl (C=O) groups is 1. The molecule has 1 N–H and O–H groups in total. The van der Waals surface area contributed by atoms with E-state index in [-0.39, 0.29) is 11.7 Å². The fourth-order valence-corrected chi connectivity index (χ4v) is 2.03. The molecule has 23 heavy (non-hydrogen) atoms. The third-order valence-electron chi connectivity index (χ3n) is 2.97.